The SMILES string of the molecule is COCCOCCOC(=O)CCCCC(=O)OCCOCCOC. The van der Waals surface area contributed by atoms with Gasteiger partial charge in [0.05, 0.1) is 39.6 Å². The molecular weight excluding hydrogens is 320 g/mol. The monoisotopic (exact) mass is 350 g/mol. The lowest BCUT2D eigenvalue weighted by atomic mass is 10.2. The molecule has 8 heteroatoms. The summed E-state index contributed by atoms with van der Waals surface area (Å²) in [5.41, 5.74) is 0. The summed E-state index contributed by atoms with van der Waals surface area (Å²) in [4.78, 5) is 22.9. The van der Waals surface area contributed by atoms with Crippen molar-refractivity contribution in [3.63, 3.8) is 0 Å². The van der Waals surface area contributed by atoms with E-state index in [0.29, 0.717) is 52.5 Å². The number of unbranched alkanes of at least 4 members (excludes halogenated alkanes) is 1. The van der Waals surface area contributed by atoms with Gasteiger partial charge >= 0.3 is 11.9 Å². The highest BCUT2D eigenvalue weighted by Crippen LogP contribution is 2.03. The highest BCUT2D eigenvalue weighted by atomic mass is 16.6. The summed E-state index contributed by atoms with van der Waals surface area (Å²) < 4.78 is 30.0. The largest absolute Gasteiger partial charge is 0.463 e. The zero-order valence-corrected chi connectivity index (χ0v) is 14.8. The number of hydrogen-bond donors (Lipinski definition) is 0. The summed E-state index contributed by atoms with van der Waals surface area (Å²) in [6.07, 6.45) is 1.74. The third-order valence-electron chi connectivity index (χ3n) is 2.86. The first-order valence-electron chi connectivity index (χ1n) is 8.15. The fourth-order valence-corrected chi connectivity index (χ4v) is 1.60. The molecule has 0 aromatic carbocycles. The summed E-state index contributed by atoms with van der Waals surface area (Å²) in [7, 11) is 3.19. The number of methoxy groups -OCH3 is 2. The Bertz CT molecular complexity index is 278. The average Bonchev–Trinajstić information content (AvgIpc) is 2.58. The van der Waals surface area contributed by atoms with Gasteiger partial charge in [-0.2, -0.15) is 0 Å². The van der Waals surface area contributed by atoms with Gasteiger partial charge in [0.1, 0.15) is 13.2 Å². The van der Waals surface area contributed by atoms with Crippen LogP contribution in [0.1, 0.15) is 25.7 Å². The molecule has 0 amide bonds. The van der Waals surface area contributed by atoms with Crippen LogP contribution in [0.2, 0.25) is 0 Å². The Kier molecular flexibility index (Phi) is 17.2. The second-order valence-electron chi connectivity index (χ2n) is 4.86. The Morgan fingerprint density at radius 3 is 1.33 bits per heavy atom. The van der Waals surface area contributed by atoms with Crippen molar-refractivity contribution >= 4 is 11.9 Å². The molecule has 0 bridgehead atoms. The highest BCUT2D eigenvalue weighted by Gasteiger charge is 2.06. The van der Waals surface area contributed by atoms with E-state index in [9.17, 15) is 9.59 Å². The molecule has 0 aliphatic carbocycles. The molecule has 0 aromatic heterocycles. The van der Waals surface area contributed by atoms with Crippen LogP contribution in [0.5, 0.6) is 0 Å². The lowest BCUT2D eigenvalue weighted by Gasteiger charge is -2.07. The maximum Gasteiger partial charge on any atom is 0.305 e. The summed E-state index contributed by atoms with van der Waals surface area (Å²) in [6, 6.07) is 0. The van der Waals surface area contributed by atoms with E-state index < -0.39 is 0 Å². The minimum Gasteiger partial charge on any atom is -0.463 e. The molecular formula is C16H30O8. The van der Waals surface area contributed by atoms with Crippen molar-refractivity contribution < 1.29 is 38.0 Å². The Labute approximate surface area is 143 Å². The van der Waals surface area contributed by atoms with Crippen molar-refractivity contribution in [3.8, 4) is 0 Å². The average molecular weight is 350 g/mol. The summed E-state index contributed by atoms with van der Waals surface area (Å²) in [5.74, 6) is -0.574. The first-order valence-corrected chi connectivity index (χ1v) is 8.15. The second kappa shape index (κ2) is 18.1. The molecule has 0 radical (unpaired) electrons. The van der Waals surface area contributed by atoms with Gasteiger partial charge in [0.25, 0.3) is 0 Å². The Morgan fingerprint density at radius 1 is 0.583 bits per heavy atom. The van der Waals surface area contributed by atoms with Crippen LogP contribution in [-0.4, -0.2) is 79.0 Å². The van der Waals surface area contributed by atoms with E-state index in [0.717, 1.165) is 0 Å². The van der Waals surface area contributed by atoms with Crippen molar-refractivity contribution in [1.29, 1.82) is 0 Å². The molecule has 0 saturated heterocycles. The molecule has 24 heavy (non-hydrogen) atoms. The minimum atomic E-state index is -0.287. The molecule has 0 saturated carbocycles. The smallest absolute Gasteiger partial charge is 0.305 e. The third-order valence-corrected chi connectivity index (χ3v) is 2.86. The fraction of sp³-hybridized carbons (Fsp3) is 0.875. The lowest BCUT2D eigenvalue weighted by molar-refractivity contribution is -0.147. The van der Waals surface area contributed by atoms with E-state index in [1.807, 2.05) is 0 Å². The molecule has 0 N–H and O–H groups in total. The molecule has 0 atom stereocenters. The van der Waals surface area contributed by atoms with E-state index in [4.69, 9.17) is 28.4 Å². The van der Waals surface area contributed by atoms with Gasteiger partial charge in [-0.15, -0.1) is 0 Å². The van der Waals surface area contributed by atoms with Gasteiger partial charge in [-0.3, -0.25) is 9.59 Å². The molecule has 142 valence electrons. The van der Waals surface area contributed by atoms with E-state index in [1.165, 1.54) is 0 Å². The zero-order valence-electron chi connectivity index (χ0n) is 14.8. The number of ether oxygens (including phenoxy) is 6. The van der Waals surface area contributed by atoms with Crippen LogP contribution >= 0.6 is 0 Å². The quantitative estimate of drug-likeness (QED) is 0.283. The molecule has 0 fully saturated rings. The third kappa shape index (κ3) is 17.1. The molecule has 0 aliphatic heterocycles. The Balaban J connectivity index is 3.31. The van der Waals surface area contributed by atoms with Gasteiger partial charge in [0, 0.05) is 27.1 Å². The predicted octanol–water partition coefficient (Wildman–Crippen LogP) is 0.959. The number of esters is 2. The topological polar surface area (TPSA) is 89.5 Å². The van der Waals surface area contributed by atoms with Gasteiger partial charge in [0.15, 0.2) is 0 Å². The van der Waals surface area contributed by atoms with E-state index >= 15 is 0 Å². The number of hydrogen-bond acceptors (Lipinski definition) is 8. The highest BCUT2D eigenvalue weighted by molar-refractivity contribution is 5.70. The van der Waals surface area contributed by atoms with Crippen molar-refractivity contribution in [2.75, 3.05) is 67.1 Å². The first kappa shape index (κ1) is 22.8. The Hall–Kier alpha value is -1.22. The van der Waals surface area contributed by atoms with Crippen molar-refractivity contribution in [2.24, 2.45) is 0 Å². The molecule has 0 aliphatic rings. The van der Waals surface area contributed by atoms with Crippen LogP contribution in [0.4, 0.5) is 0 Å². The van der Waals surface area contributed by atoms with Crippen LogP contribution < -0.4 is 0 Å². The standard InChI is InChI=1S/C16H30O8/c1-19-7-9-21-11-13-23-15(17)5-3-4-6-16(18)24-14-12-22-10-8-20-2/h3-14H2,1-2H3. The van der Waals surface area contributed by atoms with Crippen LogP contribution in [0, 0.1) is 0 Å². The zero-order chi connectivity index (χ0) is 17.9. The normalized spacial score (nSPS) is 10.6. The van der Waals surface area contributed by atoms with Gasteiger partial charge in [-0.05, 0) is 12.8 Å². The second-order valence-corrected chi connectivity index (χ2v) is 4.86. The number of carbonyl (C=O) groups excluding carboxylic acids is 2. The number of carbonyl (C=O) groups is 2. The van der Waals surface area contributed by atoms with E-state index in [2.05, 4.69) is 0 Å². The first-order chi connectivity index (χ1) is 11.7. The minimum absolute atomic E-state index is 0.230. The molecule has 0 rings (SSSR count). The lowest BCUT2D eigenvalue weighted by Crippen LogP contribution is -2.13. The van der Waals surface area contributed by atoms with Gasteiger partial charge in [0.2, 0.25) is 0 Å². The maximum absolute atomic E-state index is 11.4. The van der Waals surface area contributed by atoms with Crippen LogP contribution in [0.3, 0.4) is 0 Å². The summed E-state index contributed by atoms with van der Waals surface area (Å²) in [5, 5.41) is 0. The molecule has 0 spiro atoms. The van der Waals surface area contributed by atoms with Crippen LogP contribution in [0.15, 0.2) is 0 Å². The fourth-order valence-electron chi connectivity index (χ4n) is 1.60. The van der Waals surface area contributed by atoms with Crippen molar-refractivity contribution in [2.45, 2.75) is 25.7 Å². The maximum atomic E-state index is 11.4. The van der Waals surface area contributed by atoms with Crippen molar-refractivity contribution in [1.82, 2.24) is 0 Å². The van der Waals surface area contributed by atoms with Crippen LogP contribution in [0.25, 0.3) is 0 Å². The molecule has 0 aromatic rings. The van der Waals surface area contributed by atoms with Gasteiger partial charge < -0.3 is 28.4 Å². The van der Waals surface area contributed by atoms with Gasteiger partial charge in [-0.1, -0.05) is 0 Å². The molecule has 8 nitrogen and oxygen atoms in total. The van der Waals surface area contributed by atoms with E-state index in [1.54, 1.807) is 14.2 Å². The Morgan fingerprint density at radius 2 is 0.958 bits per heavy atom. The molecule has 0 heterocycles. The van der Waals surface area contributed by atoms with E-state index in [-0.39, 0.29) is 38.0 Å². The summed E-state index contributed by atoms with van der Waals surface area (Å²) in [6.45, 7) is 3.16. The predicted molar refractivity (Wildman–Crippen MR) is 85.8 cm³/mol. The van der Waals surface area contributed by atoms with Crippen LogP contribution in [-0.2, 0) is 38.0 Å². The summed E-state index contributed by atoms with van der Waals surface area (Å²) >= 11 is 0. The molecule has 0 unspecified atom stereocenters. The van der Waals surface area contributed by atoms with Crippen molar-refractivity contribution in [3.05, 3.63) is 0 Å². The number of rotatable bonds is 17. The van der Waals surface area contributed by atoms with Gasteiger partial charge in [-0.25, -0.2) is 0 Å².